The van der Waals surface area contributed by atoms with Gasteiger partial charge >= 0.3 is 0 Å². The SMILES string of the molecule is CCc1nn(C)cc1CNc1ccc(N(C)C)c(Cl)c1. The van der Waals surface area contributed by atoms with Gasteiger partial charge in [-0.3, -0.25) is 4.68 Å². The van der Waals surface area contributed by atoms with Crippen molar-refractivity contribution in [3.63, 3.8) is 0 Å². The molecule has 0 saturated heterocycles. The van der Waals surface area contributed by atoms with Crippen LogP contribution in [0.2, 0.25) is 5.02 Å². The Kier molecular flexibility index (Phi) is 4.55. The van der Waals surface area contributed by atoms with Gasteiger partial charge in [0.25, 0.3) is 0 Å². The van der Waals surface area contributed by atoms with E-state index in [1.807, 2.05) is 48.9 Å². The van der Waals surface area contributed by atoms with Crippen LogP contribution in [0.5, 0.6) is 0 Å². The molecule has 0 unspecified atom stereocenters. The summed E-state index contributed by atoms with van der Waals surface area (Å²) in [5, 5.41) is 8.59. The lowest BCUT2D eigenvalue weighted by molar-refractivity contribution is 0.746. The van der Waals surface area contributed by atoms with Crippen LogP contribution in [-0.2, 0) is 20.0 Å². The van der Waals surface area contributed by atoms with Crippen LogP contribution < -0.4 is 10.2 Å². The number of nitrogens with one attached hydrogen (secondary N) is 1. The van der Waals surface area contributed by atoms with Gasteiger partial charge in [-0.25, -0.2) is 0 Å². The maximum Gasteiger partial charge on any atom is 0.0671 e. The highest BCUT2D eigenvalue weighted by Gasteiger charge is 2.07. The third-order valence-electron chi connectivity index (χ3n) is 3.24. The standard InChI is InChI=1S/C15H21ClN4/c1-5-14-11(10-20(4)18-14)9-17-12-6-7-15(19(2)3)13(16)8-12/h6-8,10,17H,5,9H2,1-4H3. The highest BCUT2D eigenvalue weighted by atomic mass is 35.5. The molecule has 108 valence electrons. The largest absolute Gasteiger partial charge is 0.381 e. The number of aryl methyl sites for hydroxylation is 2. The molecule has 0 aliphatic rings. The summed E-state index contributed by atoms with van der Waals surface area (Å²) in [6, 6.07) is 6.02. The van der Waals surface area contributed by atoms with Crippen molar-refractivity contribution in [3.05, 3.63) is 40.7 Å². The Bertz CT molecular complexity index is 590. The van der Waals surface area contributed by atoms with Crippen molar-refractivity contribution in [1.29, 1.82) is 0 Å². The van der Waals surface area contributed by atoms with Crippen molar-refractivity contribution in [2.75, 3.05) is 24.3 Å². The van der Waals surface area contributed by atoms with Gasteiger partial charge in [0.05, 0.1) is 16.4 Å². The number of aromatic nitrogens is 2. The monoisotopic (exact) mass is 292 g/mol. The third kappa shape index (κ3) is 3.25. The number of hydrogen-bond acceptors (Lipinski definition) is 3. The zero-order valence-electron chi connectivity index (χ0n) is 12.4. The lowest BCUT2D eigenvalue weighted by Crippen LogP contribution is -2.09. The van der Waals surface area contributed by atoms with E-state index >= 15 is 0 Å². The summed E-state index contributed by atoms with van der Waals surface area (Å²) in [6.07, 6.45) is 3.00. The summed E-state index contributed by atoms with van der Waals surface area (Å²) < 4.78 is 1.86. The van der Waals surface area contributed by atoms with Crippen LogP contribution in [0.15, 0.2) is 24.4 Å². The van der Waals surface area contributed by atoms with Gasteiger partial charge in [-0.05, 0) is 24.6 Å². The van der Waals surface area contributed by atoms with Crippen molar-refractivity contribution in [3.8, 4) is 0 Å². The van der Waals surface area contributed by atoms with Gasteiger partial charge < -0.3 is 10.2 Å². The van der Waals surface area contributed by atoms with E-state index in [2.05, 4.69) is 23.5 Å². The van der Waals surface area contributed by atoms with E-state index < -0.39 is 0 Å². The molecule has 20 heavy (non-hydrogen) atoms. The molecule has 1 N–H and O–H groups in total. The highest BCUT2D eigenvalue weighted by molar-refractivity contribution is 6.33. The maximum atomic E-state index is 6.27. The van der Waals surface area contributed by atoms with Crippen LogP contribution in [0.3, 0.4) is 0 Å². The Balaban J connectivity index is 2.09. The van der Waals surface area contributed by atoms with Gasteiger partial charge in [-0.1, -0.05) is 18.5 Å². The topological polar surface area (TPSA) is 33.1 Å². The summed E-state index contributed by atoms with van der Waals surface area (Å²) in [6.45, 7) is 2.88. The minimum absolute atomic E-state index is 0.752. The highest BCUT2D eigenvalue weighted by Crippen LogP contribution is 2.27. The molecule has 0 radical (unpaired) electrons. The van der Waals surface area contributed by atoms with Crippen molar-refractivity contribution in [1.82, 2.24) is 9.78 Å². The molecule has 0 aliphatic heterocycles. The van der Waals surface area contributed by atoms with Gasteiger partial charge in [-0.2, -0.15) is 5.10 Å². The van der Waals surface area contributed by atoms with Crippen LogP contribution in [0.4, 0.5) is 11.4 Å². The van der Waals surface area contributed by atoms with E-state index in [0.29, 0.717) is 0 Å². The molecule has 0 fully saturated rings. The van der Waals surface area contributed by atoms with E-state index in [1.165, 1.54) is 5.56 Å². The molecule has 4 nitrogen and oxygen atoms in total. The fourth-order valence-electron chi connectivity index (χ4n) is 2.21. The van der Waals surface area contributed by atoms with Gasteiger partial charge in [0.2, 0.25) is 0 Å². The molecule has 0 bridgehead atoms. The Morgan fingerprint density at radius 1 is 1.35 bits per heavy atom. The molecule has 5 heteroatoms. The first-order valence-corrected chi connectivity index (χ1v) is 7.11. The summed E-state index contributed by atoms with van der Waals surface area (Å²) in [4.78, 5) is 2.00. The van der Waals surface area contributed by atoms with Crippen molar-refractivity contribution >= 4 is 23.0 Å². The zero-order chi connectivity index (χ0) is 14.7. The van der Waals surface area contributed by atoms with Gasteiger partial charge in [0.1, 0.15) is 0 Å². The fraction of sp³-hybridized carbons (Fsp3) is 0.400. The summed E-state index contributed by atoms with van der Waals surface area (Å²) >= 11 is 6.27. The van der Waals surface area contributed by atoms with Gasteiger partial charge in [0.15, 0.2) is 0 Å². The molecule has 0 atom stereocenters. The van der Waals surface area contributed by atoms with Crippen molar-refractivity contribution < 1.29 is 0 Å². The number of benzene rings is 1. The summed E-state index contributed by atoms with van der Waals surface area (Å²) in [7, 11) is 5.92. The lowest BCUT2D eigenvalue weighted by atomic mass is 10.2. The van der Waals surface area contributed by atoms with Crippen LogP contribution in [-0.4, -0.2) is 23.9 Å². The zero-order valence-corrected chi connectivity index (χ0v) is 13.2. The number of anilines is 2. The minimum atomic E-state index is 0.752. The molecule has 0 saturated carbocycles. The smallest absolute Gasteiger partial charge is 0.0671 e. The first-order chi connectivity index (χ1) is 9.51. The van der Waals surface area contributed by atoms with Crippen LogP contribution in [0.25, 0.3) is 0 Å². The average Bonchev–Trinajstić information content (AvgIpc) is 2.76. The van der Waals surface area contributed by atoms with E-state index in [1.54, 1.807) is 0 Å². The number of nitrogens with zero attached hydrogens (tertiary/aromatic N) is 3. The Hall–Kier alpha value is -1.68. The normalized spacial score (nSPS) is 10.7. The first kappa shape index (κ1) is 14.7. The van der Waals surface area contributed by atoms with Crippen LogP contribution >= 0.6 is 11.6 Å². The number of halogens is 1. The Morgan fingerprint density at radius 2 is 2.10 bits per heavy atom. The van der Waals surface area contributed by atoms with Gasteiger partial charge in [0, 0.05) is 45.1 Å². The quantitative estimate of drug-likeness (QED) is 0.918. The molecule has 0 amide bonds. The van der Waals surface area contributed by atoms with E-state index in [9.17, 15) is 0 Å². The average molecular weight is 293 g/mol. The number of hydrogen-bond donors (Lipinski definition) is 1. The third-order valence-corrected chi connectivity index (χ3v) is 3.54. The predicted octanol–water partition coefficient (Wildman–Crippen LogP) is 3.31. The van der Waals surface area contributed by atoms with Crippen LogP contribution in [0, 0.1) is 0 Å². The van der Waals surface area contributed by atoms with E-state index in [-0.39, 0.29) is 0 Å². The summed E-state index contributed by atoms with van der Waals surface area (Å²) in [5.74, 6) is 0. The second kappa shape index (κ2) is 6.18. The van der Waals surface area contributed by atoms with E-state index in [4.69, 9.17) is 11.6 Å². The molecule has 2 aromatic rings. The molecule has 0 spiro atoms. The molecule has 0 aliphatic carbocycles. The molecule has 1 heterocycles. The lowest BCUT2D eigenvalue weighted by Gasteiger charge is -2.15. The maximum absolute atomic E-state index is 6.27. The predicted molar refractivity (Wildman–Crippen MR) is 85.7 cm³/mol. The number of rotatable bonds is 5. The van der Waals surface area contributed by atoms with Crippen molar-refractivity contribution in [2.24, 2.45) is 7.05 Å². The molecule has 1 aromatic carbocycles. The van der Waals surface area contributed by atoms with Gasteiger partial charge in [-0.15, -0.1) is 0 Å². The molecular weight excluding hydrogens is 272 g/mol. The van der Waals surface area contributed by atoms with Crippen LogP contribution in [0.1, 0.15) is 18.2 Å². The fourth-order valence-corrected chi connectivity index (χ4v) is 2.56. The van der Waals surface area contributed by atoms with Crippen molar-refractivity contribution in [2.45, 2.75) is 19.9 Å². The van der Waals surface area contributed by atoms with E-state index in [0.717, 1.165) is 35.1 Å². The molecule has 1 aromatic heterocycles. The second-order valence-corrected chi connectivity index (χ2v) is 5.45. The second-order valence-electron chi connectivity index (χ2n) is 5.04. The Morgan fingerprint density at radius 3 is 2.70 bits per heavy atom. The Labute approximate surface area is 125 Å². The molecule has 2 rings (SSSR count). The summed E-state index contributed by atoms with van der Waals surface area (Å²) in [5.41, 5.74) is 4.40. The minimum Gasteiger partial charge on any atom is -0.381 e. The molecular formula is C15H21ClN4. The first-order valence-electron chi connectivity index (χ1n) is 6.73.